The number of amides is 1. The Balaban J connectivity index is 1.98. The molecule has 4 nitrogen and oxygen atoms in total. The molecule has 0 saturated heterocycles. The number of hydrazine groups is 1. The quantitative estimate of drug-likeness (QED) is 0.411. The molecule has 0 heterocycles. The summed E-state index contributed by atoms with van der Waals surface area (Å²) in [4.78, 5) is 11.2. The van der Waals surface area contributed by atoms with Gasteiger partial charge in [0, 0.05) is 17.3 Å². The third-order valence-corrected chi connectivity index (χ3v) is 3.00. The van der Waals surface area contributed by atoms with Gasteiger partial charge >= 0.3 is 0 Å². The first-order chi connectivity index (χ1) is 7.79. The third-order valence-electron chi connectivity index (χ3n) is 3.00. The topological polar surface area (TPSA) is 67.1 Å². The number of carbonyl (C=O) groups is 1. The minimum Gasteiger partial charge on any atom is -0.382 e. The van der Waals surface area contributed by atoms with Crippen LogP contribution in [0.25, 0.3) is 0 Å². The molecule has 0 spiro atoms. The minimum atomic E-state index is -0.257. The summed E-state index contributed by atoms with van der Waals surface area (Å²) in [6, 6.07) is 7.99. The highest BCUT2D eigenvalue weighted by molar-refractivity contribution is 5.94. The van der Waals surface area contributed by atoms with Crippen LogP contribution in [-0.4, -0.2) is 11.9 Å². The van der Waals surface area contributed by atoms with Gasteiger partial charge in [0.05, 0.1) is 0 Å². The van der Waals surface area contributed by atoms with E-state index in [0.29, 0.717) is 11.6 Å². The van der Waals surface area contributed by atoms with E-state index in [4.69, 9.17) is 5.84 Å². The summed E-state index contributed by atoms with van der Waals surface area (Å²) in [5.74, 6) is 4.80. The molecule has 0 radical (unpaired) electrons. The van der Waals surface area contributed by atoms with Gasteiger partial charge in [-0.05, 0) is 37.1 Å². The fraction of sp³-hybridized carbons (Fsp3) is 0.417. The molecule has 2 rings (SSSR count). The van der Waals surface area contributed by atoms with Gasteiger partial charge in [-0.25, -0.2) is 5.84 Å². The molecule has 1 aromatic rings. The molecule has 0 bridgehead atoms. The number of hydrogen-bond acceptors (Lipinski definition) is 3. The van der Waals surface area contributed by atoms with Crippen molar-refractivity contribution in [2.24, 2.45) is 5.84 Å². The molecule has 1 aliphatic carbocycles. The molecule has 1 saturated carbocycles. The van der Waals surface area contributed by atoms with Crippen molar-refractivity contribution in [1.82, 2.24) is 5.43 Å². The lowest BCUT2D eigenvalue weighted by Crippen LogP contribution is -2.29. The predicted octanol–water partition coefficient (Wildman–Crippen LogP) is 1.64. The van der Waals surface area contributed by atoms with E-state index in [1.807, 2.05) is 12.1 Å². The molecule has 0 atom stereocenters. The second kappa shape index (κ2) is 4.99. The highest BCUT2D eigenvalue weighted by atomic mass is 16.2. The Morgan fingerprint density at radius 2 is 1.81 bits per heavy atom. The van der Waals surface area contributed by atoms with Gasteiger partial charge in [-0.15, -0.1) is 0 Å². The number of nitrogens with one attached hydrogen (secondary N) is 2. The van der Waals surface area contributed by atoms with Crippen LogP contribution in [0.3, 0.4) is 0 Å². The van der Waals surface area contributed by atoms with Crippen molar-refractivity contribution in [1.29, 1.82) is 0 Å². The maximum Gasteiger partial charge on any atom is 0.265 e. The average Bonchev–Trinajstić information content (AvgIpc) is 2.82. The Morgan fingerprint density at radius 3 is 2.38 bits per heavy atom. The van der Waals surface area contributed by atoms with Crippen LogP contribution in [-0.2, 0) is 0 Å². The number of rotatable bonds is 3. The maximum absolute atomic E-state index is 11.2. The highest BCUT2D eigenvalue weighted by Gasteiger charge is 2.14. The average molecular weight is 219 g/mol. The van der Waals surface area contributed by atoms with Crippen molar-refractivity contribution in [2.45, 2.75) is 31.7 Å². The van der Waals surface area contributed by atoms with Crippen molar-refractivity contribution in [3.8, 4) is 0 Å². The first-order valence-electron chi connectivity index (χ1n) is 5.67. The fourth-order valence-electron chi connectivity index (χ4n) is 2.11. The lowest BCUT2D eigenvalue weighted by atomic mass is 10.1. The van der Waals surface area contributed by atoms with Crippen molar-refractivity contribution < 1.29 is 4.79 Å². The second-order valence-corrected chi connectivity index (χ2v) is 4.18. The van der Waals surface area contributed by atoms with Gasteiger partial charge < -0.3 is 5.32 Å². The van der Waals surface area contributed by atoms with Crippen LogP contribution < -0.4 is 16.6 Å². The zero-order valence-electron chi connectivity index (χ0n) is 9.20. The number of carbonyl (C=O) groups excluding carboxylic acids is 1. The normalized spacial score (nSPS) is 16.1. The Morgan fingerprint density at radius 1 is 1.19 bits per heavy atom. The monoisotopic (exact) mass is 219 g/mol. The lowest BCUT2D eigenvalue weighted by molar-refractivity contribution is 0.0953. The second-order valence-electron chi connectivity index (χ2n) is 4.18. The first-order valence-corrected chi connectivity index (χ1v) is 5.67. The number of nitrogens with two attached hydrogens (primary N) is 1. The molecule has 1 aromatic carbocycles. The zero-order valence-corrected chi connectivity index (χ0v) is 9.20. The molecular formula is C12H17N3O. The first kappa shape index (κ1) is 11.0. The molecule has 4 heteroatoms. The van der Waals surface area contributed by atoms with Crippen molar-refractivity contribution in [2.75, 3.05) is 5.32 Å². The van der Waals surface area contributed by atoms with Crippen LogP contribution in [0.4, 0.5) is 5.69 Å². The van der Waals surface area contributed by atoms with Gasteiger partial charge in [0.1, 0.15) is 0 Å². The summed E-state index contributed by atoms with van der Waals surface area (Å²) in [6.45, 7) is 0. The Kier molecular flexibility index (Phi) is 3.41. The number of benzene rings is 1. The van der Waals surface area contributed by atoms with Crippen molar-refractivity contribution in [3.05, 3.63) is 29.8 Å². The molecule has 1 fully saturated rings. The molecule has 0 aromatic heterocycles. The molecule has 1 amide bonds. The van der Waals surface area contributed by atoms with E-state index in [9.17, 15) is 4.79 Å². The zero-order chi connectivity index (χ0) is 11.4. The van der Waals surface area contributed by atoms with E-state index in [1.165, 1.54) is 25.7 Å². The van der Waals surface area contributed by atoms with Crippen LogP contribution in [0.15, 0.2) is 24.3 Å². The standard InChI is InChI=1S/C12H17N3O/c13-15-12(16)9-5-7-11(8-6-9)14-10-3-1-2-4-10/h5-8,10,14H,1-4,13H2,(H,15,16). The SMILES string of the molecule is NNC(=O)c1ccc(NC2CCCC2)cc1. The van der Waals surface area contributed by atoms with Crippen LogP contribution in [0.5, 0.6) is 0 Å². The van der Waals surface area contributed by atoms with Gasteiger partial charge in [-0.1, -0.05) is 12.8 Å². The predicted molar refractivity (Wildman–Crippen MR) is 64.0 cm³/mol. The minimum absolute atomic E-state index is 0.257. The maximum atomic E-state index is 11.2. The summed E-state index contributed by atoms with van der Waals surface area (Å²) < 4.78 is 0. The molecule has 0 unspecified atom stereocenters. The van der Waals surface area contributed by atoms with Gasteiger partial charge in [-0.2, -0.15) is 0 Å². The van der Waals surface area contributed by atoms with Crippen LogP contribution >= 0.6 is 0 Å². The van der Waals surface area contributed by atoms with Gasteiger partial charge in [-0.3, -0.25) is 10.2 Å². The molecule has 4 N–H and O–H groups in total. The van der Waals surface area contributed by atoms with Crippen molar-refractivity contribution >= 4 is 11.6 Å². The summed E-state index contributed by atoms with van der Waals surface area (Å²) in [6.07, 6.45) is 5.10. The molecular weight excluding hydrogens is 202 g/mol. The van der Waals surface area contributed by atoms with Gasteiger partial charge in [0.2, 0.25) is 0 Å². The lowest BCUT2D eigenvalue weighted by Gasteiger charge is -2.13. The van der Waals surface area contributed by atoms with Crippen LogP contribution in [0.2, 0.25) is 0 Å². The number of hydrogen-bond donors (Lipinski definition) is 3. The van der Waals surface area contributed by atoms with E-state index in [-0.39, 0.29) is 5.91 Å². The van der Waals surface area contributed by atoms with Crippen LogP contribution in [0.1, 0.15) is 36.0 Å². The van der Waals surface area contributed by atoms with E-state index < -0.39 is 0 Å². The summed E-state index contributed by atoms with van der Waals surface area (Å²) in [7, 11) is 0. The Hall–Kier alpha value is -1.55. The van der Waals surface area contributed by atoms with Crippen molar-refractivity contribution in [3.63, 3.8) is 0 Å². The molecule has 1 aliphatic rings. The van der Waals surface area contributed by atoms with Gasteiger partial charge in [0.15, 0.2) is 0 Å². The molecule has 0 aliphatic heterocycles. The van der Waals surface area contributed by atoms with Gasteiger partial charge in [0.25, 0.3) is 5.91 Å². The highest BCUT2D eigenvalue weighted by Crippen LogP contribution is 2.22. The summed E-state index contributed by atoms with van der Waals surface area (Å²) >= 11 is 0. The number of anilines is 1. The number of nitrogen functional groups attached to an aromatic ring is 1. The van der Waals surface area contributed by atoms with E-state index in [2.05, 4.69) is 10.7 Å². The smallest absolute Gasteiger partial charge is 0.265 e. The summed E-state index contributed by atoms with van der Waals surface area (Å²) in [5, 5.41) is 3.46. The van der Waals surface area contributed by atoms with E-state index in [0.717, 1.165) is 5.69 Å². The molecule has 16 heavy (non-hydrogen) atoms. The third kappa shape index (κ3) is 2.52. The fourth-order valence-corrected chi connectivity index (χ4v) is 2.11. The molecule has 86 valence electrons. The van der Waals surface area contributed by atoms with E-state index in [1.54, 1.807) is 12.1 Å². The van der Waals surface area contributed by atoms with Crippen LogP contribution in [0, 0.1) is 0 Å². The Labute approximate surface area is 95.2 Å². The Bertz CT molecular complexity index is 355. The van der Waals surface area contributed by atoms with E-state index >= 15 is 0 Å². The summed E-state index contributed by atoms with van der Waals surface area (Å²) in [5.41, 5.74) is 3.77. The largest absolute Gasteiger partial charge is 0.382 e.